The lowest BCUT2D eigenvalue weighted by Crippen LogP contribution is -1.92. The molecule has 0 aliphatic rings. The molecule has 0 fully saturated rings. The molecule has 0 atom stereocenters. The van der Waals surface area contributed by atoms with E-state index in [0.29, 0.717) is 13.2 Å². The summed E-state index contributed by atoms with van der Waals surface area (Å²) < 4.78 is 5.32. The van der Waals surface area contributed by atoms with Gasteiger partial charge in [0, 0.05) is 6.54 Å². The van der Waals surface area contributed by atoms with E-state index in [1.54, 1.807) is 0 Å². The maximum atomic E-state index is 5.34. The van der Waals surface area contributed by atoms with Crippen LogP contribution in [0.3, 0.4) is 0 Å². The van der Waals surface area contributed by atoms with E-state index in [1.165, 1.54) is 0 Å². The van der Waals surface area contributed by atoms with Crippen LogP contribution >= 0.6 is 0 Å². The van der Waals surface area contributed by atoms with Crippen LogP contribution in [0.25, 0.3) is 6.08 Å². The summed E-state index contributed by atoms with van der Waals surface area (Å²) >= 11 is 0. The Kier molecular flexibility index (Phi) is 4.06. The minimum absolute atomic E-state index is 0.577. The first-order chi connectivity index (χ1) is 6.36. The van der Waals surface area contributed by atoms with Gasteiger partial charge in [-0.1, -0.05) is 24.3 Å². The van der Waals surface area contributed by atoms with Crippen LogP contribution in [0, 0.1) is 0 Å². The fourth-order valence-electron chi connectivity index (χ4n) is 1.05. The van der Waals surface area contributed by atoms with Gasteiger partial charge in [-0.3, -0.25) is 0 Å². The van der Waals surface area contributed by atoms with Crippen molar-refractivity contribution in [2.75, 3.05) is 13.2 Å². The van der Waals surface area contributed by atoms with E-state index in [0.717, 1.165) is 11.3 Å². The number of ether oxygens (including phenoxy) is 1. The molecule has 1 rings (SSSR count). The van der Waals surface area contributed by atoms with E-state index in [-0.39, 0.29) is 0 Å². The summed E-state index contributed by atoms with van der Waals surface area (Å²) in [5.41, 5.74) is 6.49. The highest BCUT2D eigenvalue weighted by Crippen LogP contribution is 2.12. The molecule has 2 N–H and O–H groups in total. The standard InChI is InChI=1S/C11H15NO/c1-2-13-11-7-5-10(6-8-11)4-3-9-12/h3-8H,2,9,12H2,1H3. The van der Waals surface area contributed by atoms with Gasteiger partial charge in [-0.05, 0) is 24.6 Å². The van der Waals surface area contributed by atoms with Crippen molar-refractivity contribution >= 4 is 6.08 Å². The second-order valence-electron chi connectivity index (χ2n) is 2.64. The summed E-state index contributed by atoms with van der Waals surface area (Å²) in [4.78, 5) is 0. The Morgan fingerprint density at radius 3 is 2.54 bits per heavy atom. The van der Waals surface area contributed by atoms with Crippen molar-refractivity contribution in [2.45, 2.75) is 6.92 Å². The summed E-state index contributed by atoms with van der Waals surface area (Å²) in [7, 11) is 0. The third-order valence-corrected chi connectivity index (χ3v) is 1.64. The summed E-state index contributed by atoms with van der Waals surface area (Å²) in [5.74, 6) is 0.910. The number of hydrogen-bond donors (Lipinski definition) is 1. The molecule has 13 heavy (non-hydrogen) atoms. The zero-order valence-corrected chi connectivity index (χ0v) is 7.86. The van der Waals surface area contributed by atoms with E-state index in [9.17, 15) is 0 Å². The molecule has 0 radical (unpaired) electrons. The normalized spacial score (nSPS) is 10.6. The average Bonchev–Trinajstić information content (AvgIpc) is 2.17. The van der Waals surface area contributed by atoms with Crippen molar-refractivity contribution in [1.82, 2.24) is 0 Å². The second-order valence-corrected chi connectivity index (χ2v) is 2.64. The molecule has 2 nitrogen and oxygen atoms in total. The first-order valence-electron chi connectivity index (χ1n) is 4.46. The van der Waals surface area contributed by atoms with Crippen molar-refractivity contribution in [3.63, 3.8) is 0 Å². The van der Waals surface area contributed by atoms with Gasteiger partial charge >= 0.3 is 0 Å². The first kappa shape index (κ1) is 9.81. The highest BCUT2D eigenvalue weighted by Gasteiger charge is 1.90. The summed E-state index contributed by atoms with van der Waals surface area (Å²) in [5, 5.41) is 0. The monoisotopic (exact) mass is 177 g/mol. The molecule has 0 aliphatic carbocycles. The van der Waals surface area contributed by atoms with E-state index in [4.69, 9.17) is 10.5 Å². The Morgan fingerprint density at radius 2 is 2.00 bits per heavy atom. The lowest BCUT2D eigenvalue weighted by molar-refractivity contribution is 0.340. The third-order valence-electron chi connectivity index (χ3n) is 1.64. The van der Waals surface area contributed by atoms with Crippen molar-refractivity contribution in [3.8, 4) is 5.75 Å². The Balaban J connectivity index is 2.64. The maximum Gasteiger partial charge on any atom is 0.119 e. The molecule has 0 aliphatic heterocycles. The van der Waals surface area contributed by atoms with E-state index in [1.807, 2.05) is 43.3 Å². The smallest absolute Gasteiger partial charge is 0.119 e. The van der Waals surface area contributed by atoms with Gasteiger partial charge in [0.25, 0.3) is 0 Å². The average molecular weight is 177 g/mol. The predicted molar refractivity (Wildman–Crippen MR) is 55.7 cm³/mol. The third kappa shape index (κ3) is 3.30. The quantitative estimate of drug-likeness (QED) is 0.764. The molecule has 0 saturated carbocycles. The SMILES string of the molecule is CCOc1ccc(C=CCN)cc1. The Hall–Kier alpha value is -1.28. The Bertz CT molecular complexity index is 264. The van der Waals surface area contributed by atoms with Crippen LogP contribution in [-0.2, 0) is 0 Å². The van der Waals surface area contributed by atoms with Gasteiger partial charge in [-0.2, -0.15) is 0 Å². The molecule has 0 saturated heterocycles. The van der Waals surface area contributed by atoms with Gasteiger partial charge in [0.15, 0.2) is 0 Å². The molecule has 0 aromatic heterocycles. The van der Waals surface area contributed by atoms with Gasteiger partial charge in [0.2, 0.25) is 0 Å². The van der Waals surface area contributed by atoms with Crippen LogP contribution < -0.4 is 10.5 Å². The van der Waals surface area contributed by atoms with Crippen LogP contribution in [0.5, 0.6) is 5.75 Å². The zero-order valence-electron chi connectivity index (χ0n) is 7.86. The lowest BCUT2D eigenvalue weighted by Gasteiger charge is -2.01. The van der Waals surface area contributed by atoms with Gasteiger partial charge in [0.1, 0.15) is 5.75 Å². The molecular weight excluding hydrogens is 162 g/mol. The second kappa shape index (κ2) is 5.38. The number of rotatable bonds is 4. The molecule has 0 amide bonds. The largest absolute Gasteiger partial charge is 0.494 e. The molecular formula is C11H15NO. The van der Waals surface area contributed by atoms with Crippen LogP contribution in [0.2, 0.25) is 0 Å². The zero-order chi connectivity index (χ0) is 9.52. The summed E-state index contributed by atoms with van der Waals surface area (Å²) in [6.07, 6.45) is 3.92. The molecule has 0 unspecified atom stereocenters. The molecule has 0 heterocycles. The van der Waals surface area contributed by atoms with Crippen molar-refractivity contribution in [3.05, 3.63) is 35.9 Å². The Morgan fingerprint density at radius 1 is 1.31 bits per heavy atom. The van der Waals surface area contributed by atoms with E-state index in [2.05, 4.69) is 0 Å². The number of hydrogen-bond acceptors (Lipinski definition) is 2. The van der Waals surface area contributed by atoms with E-state index >= 15 is 0 Å². The molecule has 0 spiro atoms. The van der Waals surface area contributed by atoms with Crippen molar-refractivity contribution in [2.24, 2.45) is 5.73 Å². The van der Waals surface area contributed by atoms with Gasteiger partial charge in [-0.25, -0.2) is 0 Å². The fourth-order valence-corrected chi connectivity index (χ4v) is 1.05. The van der Waals surface area contributed by atoms with Crippen molar-refractivity contribution in [1.29, 1.82) is 0 Å². The summed E-state index contributed by atoms with van der Waals surface area (Å²) in [6.45, 7) is 3.26. The maximum absolute atomic E-state index is 5.34. The lowest BCUT2D eigenvalue weighted by atomic mass is 10.2. The van der Waals surface area contributed by atoms with Crippen LogP contribution in [0.4, 0.5) is 0 Å². The summed E-state index contributed by atoms with van der Waals surface area (Å²) in [6, 6.07) is 7.94. The molecule has 2 heteroatoms. The van der Waals surface area contributed by atoms with Crippen LogP contribution in [0.15, 0.2) is 30.3 Å². The highest BCUT2D eigenvalue weighted by molar-refractivity contribution is 5.50. The van der Waals surface area contributed by atoms with Crippen LogP contribution in [0.1, 0.15) is 12.5 Å². The fraction of sp³-hybridized carbons (Fsp3) is 0.273. The topological polar surface area (TPSA) is 35.2 Å². The van der Waals surface area contributed by atoms with Gasteiger partial charge in [0.05, 0.1) is 6.61 Å². The highest BCUT2D eigenvalue weighted by atomic mass is 16.5. The molecule has 70 valence electrons. The van der Waals surface area contributed by atoms with E-state index < -0.39 is 0 Å². The molecule has 0 bridgehead atoms. The van der Waals surface area contributed by atoms with Crippen molar-refractivity contribution < 1.29 is 4.74 Å². The van der Waals surface area contributed by atoms with Crippen LogP contribution in [-0.4, -0.2) is 13.2 Å². The predicted octanol–water partition coefficient (Wildman–Crippen LogP) is 2.06. The minimum atomic E-state index is 0.577. The Labute approximate surface area is 79.0 Å². The number of benzene rings is 1. The minimum Gasteiger partial charge on any atom is -0.494 e. The number of nitrogens with two attached hydrogens (primary N) is 1. The van der Waals surface area contributed by atoms with Gasteiger partial charge < -0.3 is 10.5 Å². The van der Waals surface area contributed by atoms with Gasteiger partial charge in [-0.15, -0.1) is 0 Å². The first-order valence-corrected chi connectivity index (χ1v) is 4.46. The molecule has 1 aromatic rings. The molecule has 1 aromatic carbocycles.